The van der Waals surface area contributed by atoms with Crippen molar-refractivity contribution < 1.29 is 33.7 Å². The van der Waals surface area contributed by atoms with Crippen molar-refractivity contribution in [3.8, 4) is 11.5 Å². The Bertz CT molecular complexity index is 830. The van der Waals surface area contributed by atoms with Crippen molar-refractivity contribution in [1.29, 1.82) is 0 Å². The fourth-order valence-corrected chi connectivity index (χ4v) is 2.59. The first kappa shape index (κ1) is 20.0. The molecule has 0 saturated heterocycles. The van der Waals surface area contributed by atoms with Gasteiger partial charge in [-0.25, -0.2) is 0 Å². The van der Waals surface area contributed by atoms with Crippen LogP contribution in [0.1, 0.15) is 30.6 Å². The van der Waals surface area contributed by atoms with Crippen molar-refractivity contribution in [2.45, 2.75) is 26.1 Å². The largest absolute Gasteiger partial charge is 0.507 e. The molecule has 0 fully saturated rings. The van der Waals surface area contributed by atoms with E-state index in [0.717, 1.165) is 0 Å². The van der Waals surface area contributed by atoms with Gasteiger partial charge >= 0.3 is 11.9 Å². The molecule has 7 nitrogen and oxygen atoms in total. The number of methoxy groups -OCH3 is 1. The number of benzene rings is 1. The van der Waals surface area contributed by atoms with E-state index in [1.54, 1.807) is 24.3 Å². The Morgan fingerprint density at radius 3 is 2.33 bits per heavy atom. The molecule has 1 aliphatic rings. The van der Waals surface area contributed by atoms with E-state index in [2.05, 4.69) is 0 Å². The number of aromatic hydroxyl groups is 1. The first-order valence-corrected chi connectivity index (χ1v) is 8.13. The van der Waals surface area contributed by atoms with Gasteiger partial charge in [0.25, 0.3) is 5.79 Å². The van der Waals surface area contributed by atoms with Crippen LogP contribution >= 0.6 is 0 Å². The highest BCUT2D eigenvalue weighted by atomic mass is 16.7. The average molecular weight is 372 g/mol. The van der Waals surface area contributed by atoms with Gasteiger partial charge in [0.15, 0.2) is 5.78 Å². The molecule has 0 unspecified atom stereocenters. The van der Waals surface area contributed by atoms with Crippen LogP contribution in [0, 0.1) is 0 Å². The summed E-state index contributed by atoms with van der Waals surface area (Å²) in [4.78, 5) is 35.0. The van der Waals surface area contributed by atoms with Crippen molar-refractivity contribution in [1.82, 2.24) is 0 Å². The molecule has 1 N–H and O–H groups in total. The van der Waals surface area contributed by atoms with Crippen LogP contribution in [0.2, 0.25) is 0 Å². The quantitative estimate of drug-likeness (QED) is 0.355. The van der Waals surface area contributed by atoms with Crippen LogP contribution in [0.15, 0.2) is 54.2 Å². The van der Waals surface area contributed by atoms with Crippen LogP contribution in [0.4, 0.5) is 0 Å². The Morgan fingerprint density at radius 1 is 1.15 bits per heavy atom. The van der Waals surface area contributed by atoms with E-state index in [-0.39, 0.29) is 23.5 Å². The first-order valence-electron chi connectivity index (χ1n) is 8.13. The molecule has 0 aromatic heterocycles. The van der Waals surface area contributed by atoms with Gasteiger partial charge in [0.1, 0.15) is 17.1 Å². The van der Waals surface area contributed by atoms with Gasteiger partial charge < -0.3 is 19.3 Å². The lowest BCUT2D eigenvalue weighted by atomic mass is 10.00. The van der Waals surface area contributed by atoms with Crippen LogP contribution in [-0.2, 0) is 19.1 Å². The van der Waals surface area contributed by atoms with E-state index in [9.17, 15) is 19.5 Å². The average Bonchev–Trinajstić information content (AvgIpc) is 2.59. The minimum absolute atomic E-state index is 0.0609. The number of phenolic OH excluding ortho intramolecular Hbond substituents is 1. The van der Waals surface area contributed by atoms with Crippen molar-refractivity contribution in [3.05, 3.63) is 59.7 Å². The maximum atomic E-state index is 12.4. The molecule has 0 spiro atoms. The molecule has 7 heteroatoms. The second-order valence-electron chi connectivity index (χ2n) is 5.79. The van der Waals surface area contributed by atoms with Crippen LogP contribution < -0.4 is 4.74 Å². The van der Waals surface area contributed by atoms with Crippen LogP contribution in [0.25, 0.3) is 0 Å². The number of ketones is 1. The minimum Gasteiger partial charge on any atom is -0.507 e. The monoisotopic (exact) mass is 372 g/mol. The molecule has 142 valence electrons. The number of carbonyl (C=O) groups is 3. The highest BCUT2D eigenvalue weighted by Crippen LogP contribution is 2.29. The Balaban J connectivity index is 2.17. The van der Waals surface area contributed by atoms with Gasteiger partial charge in [-0.3, -0.25) is 14.4 Å². The summed E-state index contributed by atoms with van der Waals surface area (Å²) in [6.07, 6.45) is 7.62. The molecule has 0 aliphatic heterocycles. The third kappa shape index (κ3) is 5.07. The van der Waals surface area contributed by atoms with Gasteiger partial charge in [0.2, 0.25) is 0 Å². The van der Waals surface area contributed by atoms with Crippen molar-refractivity contribution in [2.24, 2.45) is 0 Å². The van der Waals surface area contributed by atoms with Gasteiger partial charge in [0, 0.05) is 26.3 Å². The summed E-state index contributed by atoms with van der Waals surface area (Å²) in [5.74, 6) is -3.01. The summed E-state index contributed by atoms with van der Waals surface area (Å²) in [5.41, 5.74) is 0.707. The second kappa shape index (κ2) is 8.35. The fourth-order valence-electron chi connectivity index (χ4n) is 2.59. The molecular weight excluding hydrogens is 352 g/mol. The molecule has 27 heavy (non-hydrogen) atoms. The zero-order valence-corrected chi connectivity index (χ0v) is 15.2. The molecule has 0 amide bonds. The molecule has 0 radical (unpaired) electrons. The molecule has 2 rings (SSSR count). The SMILES string of the molecule is COc1cccc(O)c1C(=O)/C=C/C1=CCC(OC(C)=O)(OC(C)=O)C=C1. The molecule has 0 heterocycles. The van der Waals surface area contributed by atoms with Crippen LogP contribution in [0.5, 0.6) is 11.5 Å². The Morgan fingerprint density at radius 2 is 1.81 bits per heavy atom. The lowest BCUT2D eigenvalue weighted by molar-refractivity contribution is -0.208. The zero-order valence-electron chi connectivity index (χ0n) is 15.2. The lowest BCUT2D eigenvalue weighted by Crippen LogP contribution is -2.37. The summed E-state index contributed by atoms with van der Waals surface area (Å²) in [6.45, 7) is 2.44. The highest BCUT2D eigenvalue weighted by Gasteiger charge is 2.35. The summed E-state index contributed by atoms with van der Waals surface area (Å²) >= 11 is 0. The van der Waals surface area contributed by atoms with Gasteiger partial charge in [-0.05, 0) is 23.8 Å². The number of esters is 2. The number of hydrogen-bond donors (Lipinski definition) is 1. The normalized spacial score (nSPS) is 15.1. The number of ether oxygens (including phenoxy) is 3. The molecule has 0 saturated carbocycles. The third-order valence-corrected chi connectivity index (χ3v) is 3.68. The van der Waals surface area contributed by atoms with E-state index in [1.807, 2.05) is 0 Å². The van der Waals surface area contributed by atoms with Crippen molar-refractivity contribution in [2.75, 3.05) is 7.11 Å². The van der Waals surface area contributed by atoms with E-state index >= 15 is 0 Å². The maximum Gasteiger partial charge on any atom is 0.306 e. The van der Waals surface area contributed by atoms with E-state index < -0.39 is 23.5 Å². The van der Waals surface area contributed by atoms with Gasteiger partial charge in [-0.15, -0.1) is 0 Å². The van der Waals surface area contributed by atoms with Crippen LogP contribution in [-0.4, -0.2) is 35.7 Å². The molecule has 1 aromatic rings. The third-order valence-electron chi connectivity index (χ3n) is 3.68. The van der Waals surface area contributed by atoms with Gasteiger partial charge in [-0.1, -0.05) is 24.3 Å². The molecular formula is C20H20O7. The molecule has 0 atom stereocenters. The standard InChI is InChI=1S/C20H20O7/c1-13(21)26-20(27-14(2)22)11-9-15(10-12-20)7-8-17(24)19-16(23)5-4-6-18(19)25-3/h4-11,23H,12H2,1-3H3/b8-7+. The highest BCUT2D eigenvalue weighted by molar-refractivity contribution is 6.08. The summed E-state index contributed by atoms with van der Waals surface area (Å²) in [7, 11) is 1.41. The number of rotatable bonds is 6. The maximum absolute atomic E-state index is 12.4. The van der Waals surface area contributed by atoms with E-state index in [0.29, 0.717) is 5.57 Å². The lowest BCUT2D eigenvalue weighted by Gasteiger charge is -2.30. The first-order chi connectivity index (χ1) is 12.8. The summed E-state index contributed by atoms with van der Waals surface area (Å²) in [5, 5.41) is 9.91. The molecule has 1 aromatic carbocycles. The number of allylic oxidation sites excluding steroid dienone is 4. The van der Waals surface area contributed by atoms with Gasteiger partial charge in [0.05, 0.1) is 7.11 Å². The number of carbonyl (C=O) groups excluding carboxylic acids is 3. The Hall–Kier alpha value is -3.35. The zero-order chi connectivity index (χ0) is 20.0. The van der Waals surface area contributed by atoms with Crippen LogP contribution in [0.3, 0.4) is 0 Å². The van der Waals surface area contributed by atoms with Gasteiger partial charge in [-0.2, -0.15) is 0 Å². The Kier molecular flexibility index (Phi) is 6.18. The summed E-state index contributed by atoms with van der Waals surface area (Å²) < 4.78 is 15.3. The fraction of sp³-hybridized carbons (Fsp3) is 0.250. The van der Waals surface area contributed by atoms with E-state index in [1.165, 1.54) is 45.3 Å². The second-order valence-corrected chi connectivity index (χ2v) is 5.79. The molecule has 1 aliphatic carbocycles. The summed E-state index contributed by atoms with van der Waals surface area (Å²) in [6, 6.07) is 4.55. The van der Waals surface area contributed by atoms with E-state index in [4.69, 9.17) is 14.2 Å². The predicted octanol–water partition coefficient (Wildman–Crippen LogP) is 2.85. The predicted molar refractivity (Wildman–Crippen MR) is 96.2 cm³/mol. The molecule has 0 bridgehead atoms. The van der Waals surface area contributed by atoms with Crippen molar-refractivity contribution in [3.63, 3.8) is 0 Å². The Labute approximate surface area is 156 Å². The number of hydrogen-bond acceptors (Lipinski definition) is 7. The minimum atomic E-state index is -1.49. The van der Waals surface area contributed by atoms with Crippen molar-refractivity contribution >= 4 is 17.7 Å². The smallest absolute Gasteiger partial charge is 0.306 e. The number of phenols is 1. The topological polar surface area (TPSA) is 99.1 Å².